The first-order valence-corrected chi connectivity index (χ1v) is 10.8. The molecule has 3 aromatic rings. The fourth-order valence-electron chi connectivity index (χ4n) is 3.60. The fraction of sp³-hybridized carbons (Fsp3) is 0.240. The quantitative estimate of drug-likeness (QED) is 0.511. The van der Waals surface area contributed by atoms with Gasteiger partial charge in [-0.05, 0) is 60.4 Å². The molecule has 35 heavy (non-hydrogen) atoms. The molecule has 0 radical (unpaired) electrons. The van der Waals surface area contributed by atoms with Gasteiger partial charge in [-0.15, -0.1) is 0 Å². The highest BCUT2D eigenvalue weighted by Gasteiger charge is 2.30. The minimum atomic E-state index is -4.37. The number of benzene rings is 2. The summed E-state index contributed by atoms with van der Waals surface area (Å²) in [7, 11) is 0. The number of carbonyl (C=O) groups excluding carboxylic acids is 2. The summed E-state index contributed by atoms with van der Waals surface area (Å²) < 4.78 is 50.2. The number of hydrogen-bond donors (Lipinski definition) is 2. The standard InChI is InChI=1S/C25H22F3N3O4/c1-15(32)29-14-23(33)31-19-7-11-24(30-13-19)34-20-8-10-22-17(12-20)4-9-21(35-22)16-2-5-18(6-3-16)25(26,27)28/h2-3,5-8,10-13,21H,4,9,14H2,1H3,(H,29,32)(H,31,33). The minimum Gasteiger partial charge on any atom is -0.485 e. The fourth-order valence-corrected chi connectivity index (χ4v) is 3.60. The first kappa shape index (κ1) is 24.1. The average Bonchev–Trinajstić information content (AvgIpc) is 2.83. The lowest BCUT2D eigenvalue weighted by molar-refractivity contribution is -0.137. The number of halogens is 3. The number of hydrogen-bond acceptors (Lipinski definition) is 5. The molecule has 10 heteroatoms. The maximum absolute atomic E-state index is 12.8. The van der Waals surface area contributed by atoms with E-state index >= 15 is 0 Å². The summed E-state index contributed by atoms with van der Waals surface area (Å²) in [6.45, 7) is 1.19. The molecule has 2 amide bonds. The monoisotopic (exact) mass is 485 g/mol. The molecular weight excluding hydrogens is 463 g/mol. The second-order valence-corrected chi connectivity index (χ2v) is 7.98. The van der Waals surface area contributed by atoms with E-state index < -0.39 is 11.7 Å². The minimum absolute atomic E-state index is 0.134. The van der Waals surface area contributed by atoms with Crippen LogP contribution in [0.3, 0.4) is 0 Å². The van der Waals surface area contributed by atoms with Gasteiger partial charge in [0.15, 0.2) is 0 Å². The van der Waals surface area contributed by atoms with Gasteiger partial charge in [-0.3, -0.25) is 9.59 Å². The van der Waals surface area contributed by atoms with E-state index in [1.807, 2.05) is 6.07 Å². The van der Waals surface area contributed by atoms with Gasteiger partial charge in [0.2, 0.25) is 17.7 Å². The Labute approximate surface area is 199 Å². The summed E-state index contributed by atoms with van der Waals surface area (Å²) >= 11 is 0. The summed E-state index contributed by atoms with van der Waals surface area (Å²) in [6, 6.07) is 13.6. The van der Waals surface area contributed by atoms with Gasteiger partial charge < -0.3 is 20.1 Å². The van der Waals surface area contributed by atoms with Crippen LogP contribution in [0, 0.1) is 0 Å². The van der Waals surface area contributed by atoms with Gasteiger partial charge in [0, 0.05) is 13.0 Å². The lowest BCUT2D eigenvalue weighted by atomic mass is 9.96. The van der Waals surface area contributed by atoms with Crippen molar-refractivity contribution in [1.82, 2.24) is 10.3 Å². The predicted octanol–water partition coefficient (Wildman–Crippen LogP) is 5.03. The summed E-state index contributed by atoms with van der Waals surface area (Å²) in [4.78, 5) is 26.8. The molecule has 0 aliphatic carbocycles. The van der Waals surface area contributed by atoms with E-state index in [9.17, 15) is 22.8 Å². The van der Waals surface area contributed by atoms with Gasteiger partial charge >= 0.3 is 6.18 Å². The number of pyridine rings is 1. The third-order valence-electron chi connectivity index (χ3n) is 5.33. The van der Waals surface area contributed by atoms with E-state index in [0.29, 0.717) is 41.5 Å². The predicted molar refractivity (Wildman–Crippen MR) is 121 cm³/mol. The van der Waals surface area contributed by atoms with Crippen molar-refractivity contribution in [2.75, 3.05) is 11.9 Å². The van der Waals surface area contributed by atoms with Crippen LogP contribution in [-0.2, 0) is 22.2 Å². The number of ether oxygens (including phenoxy) is 2. The Kier molecular flexibility index (Phi) is 6.90. The summed E-state index contributed by atoms with van der Waals surface area (Å²) in [5.74, 6) is 0.852. The van der Waals surface area contributed by atoms with Gasteiger partial charge in [-0.25, -0.2) is 4.98 Å². The second kappa shape index (κ2) is 10.0. The number of amides is 2. The molecule has 1 unspecified atom stereocenters. The van der Waals surface area contributed by atoms with Crippen molar-refractivity contribution in [1.29, 1.82) is 0 Å². The second-order valence-electron chi connectivity index (χ2n) is 7.98. The molecular formula is C25H22F3N3O4. The van der Waals surface area contributed by atoms with E-state index in [1.54, 1.807) is 24.3 Å². The van der Waals surface area contributed by atoms with Crippen LogP contribution in [0.4, 0.5) is 18.9 Å². The molecule has 4 rings (SSSR count). The Bertz CT molecular complexity index is 1210. The highest BCUT2D eigenvalue weighted by Crippen LogP contribution is 2.38. The maximum atomic E-state index is 12.8. The highest BCUT2D eigenvalue weighted by molar-refractivity contribution is 5.94. The number of aromatic nitrogens is 1. The topological polar surface area (TPSA) is 89.6 Å². The number of alkyl halides is 3. The highest BCUT2D eigenvalue weighted by atomic mass is 19.4. The van der Waals surface area contributed by atoms with Crippen molar-refractivity contribution in [2.24, 2.45) is 0 Å². The molecule has 2 N–H and O–H groups in total. The molecule has 0 fully saturated rings. The molecule has 2 heterocycles. The van der Waals surface area contributed by atoms with Crippen LogP contribution in [-0.4, -0.2) is 23.3 Å². The van der Waals surface area contributed by atoms with E-state index in [1.165, 1.54) is 25.3 Å². The Balaban J connectivity index is 1.36. The molecule has 1 atom stereocenters. The molecule has 0 saturated carbocycles. The molecule has 182 valence electrons. The van der Waals surface area contributed by atoms with Gasteiger partial charge in [0.25, 0.3) is 0 Å². The molecule has 0 spiro atoms. The van der Waals surface area contributed by atoms with Crippen LogP contribution in [0.25, 0.3) is 0 Å². The number of anilines is 1. The normalized spacial score (nSPS) is 14.9. The van der Waals surface area contributed by atoms with Crippen molar-refractivity contribution in [2.45, 2.75) is 32.0 Å². The van der Waals surface area contributed by atoms with Crippen molar-refractivity contribution < 1.29 is 32.2 Å². The van der Waals surface area contributed by atoms with Crippen LogP contribution in [0.15, 0.2) is 60.8 Å². The van der Waals surface area contributed by atoms with Crippen molar-refractivity contribution in [3.8, 4) is 17.4 Å². The van der Waals surface area contributed by atoms with E-state index in [2.05, 4.69) is 15.6 Å². The number of nitrogens with one attached hydrogen (secondary N) is 2. The van der Waals surface area contributed by atoms with E-state index in [4.69, 9.17) is 9.47 Å². The Hall–Kier alpha value is -4.08. The van der Waals surface area contributed by atoms with E-state index in [0.717, 1.165) is 17.7 Å². The lowest BCUT2D eigenvalue weighted by Crippen LogP contribution is -2.31. The smallest absolute Gasteiger partial charge is 0.416 e. The maximum Gasteiger partial charge on any atom is 0.416 e. The van der Waals surface area contributed by atoms with Crippen molar-refractivity contribution in [3.63, 3.8) is 0 Å². The Morgan fingerprint density at radius 2 is 1.89 bits per heavy atom. The molecule has 2 aromatic carbocycles. The van der Waals surface area contributed by atoms with Gasteiger partial charge in [-0.1, -0.05) is 12.1 Å². The largest absolute Gasteiger partial charge is 0.485 e. The Morgan fingerprint density at radius 3 is 2.54 bits per heavy atom. The van der Waals surface area contributed by atoms with E-state index in [-0.39, 0.29) is 24.5 Å². The van der Waals surface area contributed by atoms with Gasteiger partial charge in [-0.2, -0.15) is 13.2 Å². The first-order valence-electron chi connectivity index (χ1n) is 10.8. The molecule has 7 nitrogen and oxygen atoms in total. The van der Waals surface area contributed by atoms with Crippen LogP contribution in [0.1, 0.15) is 36.1 Å². The van der Waals surface area contributed by atoms with Crippen LogP contribution in [0.2, 0.25) is 0 Å². The molecule has 1 aliphatic rings. The zero-order valence-corrected chi connectivity index (χ0v) is 18.7. The van der Waals surface area contributed by atoms with Crippen molar-refractivity contribution in [3.05, 3.63) is 77.5 Å². The summed E-state index contributed by atoms with van der Waals surface area (Å²) in [5.41, 5.74) is 1.39. The van der Waals surface area contributed by atoms with Crippen molar-refractivity contribution >= 4 is 17.5 Å². The molecule has 0 bridgehead atoms. The number of carbonyl (C=O) groups is 2. The van der Waals surface area contributed by atoms with Gasteiger partial charge in [0.1, 0.15) is 17.6 Å². The van der Waals surface area contributed by atoms with Gasteiger partial charge in [0.05, 0.1) is 24.0 Å². The summed E-state index contributed by atoms with van der Waals surface area (Å²) in [6.07, 6.45) is -1.97. The SMILES string of the molecule is CC(=O)NCC(=O)Nc1ccc(Oc2ccc3c(c2)CCC(c2ccc(C(F)(F)F)cc2)O3)nc1. The number of nitrogens with zero attached hydrogens (tertiary/aromatic N) is 1. The molecule has 1 aliphatic heterocycles. The number of aryl methyl sites for hydroxylation is 1. The van der Waals surface area contributed by atoms with Crippen LogP contribution in [0.5, 0.6) is 17.4 Å². The zero-order valence-electron chi connectivity index (χ0n) is 18.7. The lowest BCUT2D eigenvalue weighted by Gasteiger charge is -2.27. The zero-order chi connectivity index (χ0) is 25.0. The summed E-state index contributed by atoms with van der Waals surface area (Å²) in [5, 5.41) is 5.02. The average molecular weight is 485 g/mol. The third kappa shape index (κ3) is 6.28. The van der Waals surface area contributed by atoms with Crippen LogP contribution >= 0.6 is 0 Å². The number of rotatable bonds is 6. The Morgan fingerprint density at radius 1 is 1.11 bits per heavy atom. The molecule has 1 aromatic heterocycles. The third-order valence-corrected chi connectivity index (χ3v) is 5.33. The molecule has 0 saturated heterocycles. The first-order chi connectivity index (χ1) is 16.7. The number of fused-ring (bicyclic) bond motifs is 1. The van der Waals surface area contributed by atoms with Crippen LogP contribution < -0.4 is 20.1 Å².